The molecule has 0 aliphatic carbocycles. The van der Waals surface area contributed by atoms with E-state index < -0.39 is 5.95 Å². The van der Waals surface area contributed by atoms with Crippen LogP contribution in [0.1, 0.15) is 11.4 Å². The fraction of sp³-hybridized carbons (Fsp3) is 0.120. The molecule has 5 nitrogen and oxygen atoms in total. The fourth-order valence-electron chi connectivity index (χ4n) is 3.89. The lowest BCUT2D eigenvalue weighted by atomic mass is 10.0. The highest BCUT2D eigenvalue weighted by Crippen LogP contribution is 2.39. The summed E-state index contributed by atoms with van der Waals surface area (Å²) < 4.78 is 24.7. The van der Waals surface area contributed by atoms with Crippen molar-refractivity contribution in [3.63, 3.8) is 0 Å². The van der Waals surface area contributed by atoms with Crippen molar-refractivity contribution in [2.75, 3.05) is 7.11 Å². The largest absolute Gasteiger partial charge is 0.493 e. The summed E-state index contributed by atoms with van der Waals surface area (Å²) in [5.74, 6) is 0.556. The van der Waals surface area contributed by atoms with E-state index in [-0.39, 0.29) is 6.61 Å². The van der Waals surface area contributed by atoms with Gasteiger partial charge in [-0.2, -0.15) is 4.39 Å². The SMILES string of the molecule is COc1cc(-c2cc(Cl)cc3c2[nH]c2c(C)nccc23)ccc1OCc1cccc(F)n1. The molecule has 3 heterocycles. The topological polar surface area (TPSA) is 60.0 Å². The maximum absolute atomic E-state index is 13.3. The van der Waals surface area contributed by atoms with Gasteiger partial charge in [0.05, 0.1) is 29.5 Å². The number of aryl methyl sites for hydroxylation is 1. The number of halogens is 2. The highest BCUT2D eigenvalue weighted by Gasteiger charge is 2.15. The normalized spacial score (nSPS) is 11.2. The van der Waals surface area contributed by atoms with Crippen LogP contribution < -0.4 is 9.47 Å². The van der Waals surface area contributed by atoms with Crippen molar-refractivity contribution in [2.24, 2.45) is 0 Å². The smallest absolute Gasteiger partial charge is 0.213 e. The molecule has 7 heteroatoms. The molecular formula is C25H19ClFN3O2. The first-order valence-corrected chi connectivity index (χ1v) is 10.4. The predicted molar refractivity (Wildman–Crippen MR) is 124 cm³/mol. The summed E-state index contributed by atoms with van der Waals surface area (Å²) in [5, 5.41) is 2.74. The van der Waals surface area contributed by atoms with Crippen molar-refractivity contribution < 1.29 is 13.9 Å². The zero-order valence-electron chi connectivity index (χ0n) is 17.4. The van der Waals surface area contributed by atoms with Crippen LogP contribution in [0.15, 0.2) is 60.8 Å². The van der Waals surface area contributed by atoms with E-state index in [2.05, 4.69) is 15.0 Å². The monoisotopic (exact) mass is 447 g/mol. The van der Waals surface area contributed by atoms with Gasteiger partial charge in [-0.3, -0.25) is 4.98 Å². The zero-order chi connectivity index (χ0) is 22.2. The predicted octanol–water partition coefficient (Wildman–Crippen LogP) is 6.47. The van der Waals surface area contributed by atoms with Crippen molar-refractivity contribution in [3.8, 4) is 22.6 Å². The first kappa shape index (κ1) is 20.3. The molecule has 0 aliphatic heterocycles. The molecule has 5 aromatic rings. The van der Waals surface area contributed by atoms with E-state index in [1.54, 1.807) is 25.4 Å². The molecule has 0 fully saturated rings. The number of ether oxygens (including phenoxy) is 2. The van der Waals surface area contributed by atoms with Gasteiger partial charge in [0.2, 0.25) is 5.95 Å². The number of aromatic amines is 1. The number of methoxy groups -OCH3 is 1. The van der Waals surface area contributed by atoms with Crippen molar-refractivity contribution in [2.45, 2.75) is 13.5 Å². The van der Waals surface area contributed by atoms with Crippen LogP contribution >= 0.6 is 11.6 Å². The molecule has 0 spiro atoms. The Bertz CT molecular complexity index is 1470. The highest BCUT2D eigenvalue weighted by atomic mass is 35.5. The number of pyridine rings is 2. The van der Waals surface area contributed by atoms with Gasteiger partial charge in [0, 0.05) is 27.6 Å². The minimum absolute atomic E-state index is 0.128. The molecule has 0 aliphatic rings. The number of fused-ring (bicyclic) bond motifs is 3. The Balaban J connectivity index is 1.56. The summed E-state index contributed by atoms with van der Waals surface area (Å²) >= 11 is 6.48. The van der Waals surface area contributed by atoms with E-state index in [1.807, 2.05) is 43.3 Å². The molecule has 0 amide bonds. The van der Waals surface area contributed by atoms with E-state index in [4.69, 9.17) is 21.1 Å². The van der Waals surface area contributed by atoms with Gasteiger partial charge in [0.1, 0.15) is 6.61 Å². The van der Waals surface area contributed by atoms with Gasteiger partial charge in [-0.25, -0.2) is 4.98 Å². The maximum atomic E-state index is 13.3. The van der Waals surface area contributed by atoms with Gasteiger partial charge in [-0.1, -0.05) is 23.7 Å². The molecule has 0 radical (unpaired) electrons. The summed E-state index contributed by atoms with van der Waals surface area (Å²) in [6.07, 6.45) is 1.80. The second-order valence-electron chi connectivity index (χ2n) is 7.43. The molecule has 3 aromatic heterocycles. The number of benzene rings is 2. The third-order valence-electron chi connectivity index (χ3n) is 5.41. The van der Waals surface area contributed by atoms with Gasteiger partial charge in [-0.15, -0.1) is 0 Å². The third-order valence-corrected chi connectivity index (χ3v) is 5.63. The van der Waals surface area contributed by atoms with Crippen LogP contribution in [0.2, 0.25) is 5.02 Å². The quantitative estimate of drug-likeness (QED) is 0.314. The average Bonchev–Trinajstić information content (AvgIpc) is 3.17. The number of aromatic nitrogens is 3. The van der Waals surface area contributed by atoms with E-state index in [0.29, 0.717) is 22.2 Å². The van der Waals surface area contributed by atoms with Crippen LogP contribution in [0.25, 0.3) is 32.9 Å². The van der Waals surface area contributed by atoms with Gasteiger partial charge in [0.25, 0.3) is 0 Å². The number of hydrogen-bond donors (Lipinski definition) is 1. The molecule has 0 atom stereocenters. The van der Waals surface area contributed by atoms with Crippen molar-refractivity contribution in [1.82, 2.24) is 15.0 Å². The lowest BCUT2D eigenvalue weighted by molar-refractivity contribution is 0.279. The second kappa shape index (κ2) is 8.13. The Labute approximate surface area is 188 Å². The van der Waals surface area contributed by atoms with Gasteiger partial charge in [-0.05, 0) is 55.0 Å². The number of nitrogens with zero attached hydrogens (tertiary/aromatic N) is 2. The minimum atomic E-state index is -0.540. The Morgan fingerprint density at radius 1 is 1.00 bits per heavy atom. The van der Waals surface area contributed by atoms with Crippen LogP contribution in [-0.4, -0.2) is 22.1 Å². The Hall–Kier alpha value is -3.64. The molecule has 0 saturated heterocycles. The molecule has 1 N–H and O–H groups in total. The first-order chi connectivity index (χ1) is 15.5. The first-order valence-electron chi connectivity index (χ1n) is 10.0. The van der Waals surface area contributed by atoms with E-state index >= 15 is 0 Å². The minimum Gasteiger partial charge on any atom is -0.493 e. The molecule has 0 unspecified atom stereocenters. The lowest BCUT2D eigenvalue weighted by Crippen LogP contribution is -2.01. The summed E-state index contributed by atoms with van der Waals surface area (Å²) in [5.41, 5.74) is 5.24. The van der Waals surface area contributed by atoms with Crippen LogP contribution in [-0.2, 0) is 6.61 Å². The van der Waals surface area contributed by atoms with Gasteiger partial charge in [0.15, 0.2) is 11.5 Å². The second-order valence-corrected chi connectivity index (χ2v) is 7.86. The molecular weight excluding hydrogens is 429 g/mol. The van der Waals surface area contributed by atoms with Crippen LogP contribution in [0.3, 0.4) is 0 Å². The average molecular weight is 448 g/mol. The molecule has 0 bridgehead atoms. The van der Waals surface area contributed by atoms with Crippen molar-refractivity contribution in [1.29, 1.82) is 0 Å². The van der Waals surface area contributed by atoms with Crippen LogP contribution in [0, 0.1) is 12.9 Å². The molecule has 5 rings (SSSR count). The lowest BCUT2D eigenvalue weighted by Gasteiger charge is -2.13. The van der Waals surface area contributed by atoms with Gasteiger partial charge >= 0.3 is 0 Å². The molecule has 0 saturated carbocycles. The Morgan fingerprint density at radius 3 is 2.69 bits per heavy atom. The summed E-state index contributed by atoms with van der Waals surface area (Å²) in [7, 11) is 1.58. The van der Waals surface area contributed by atoms with Crippen molar-refractivity contribution >= 4 is 33.4 Å². The van der Waals surface area contributed by atoms with Gasteiger partial charge < -0.3 is 14.5 Å². The molecule has 2 aromatic carbocycles. The number of nitrogens with one attached hydrogen (secondary N) is 1. The van der Waals surface area contributed by atoms with Crippen LogP contribution in [0.4, 0.5) is 4.39 Å². The Kier molecular flexibility index (Phi) is 5.15. The molecule has 160 valence electrons. The highest BCUT2D eigenvalue weighted by molar-refractivity contribution is 6.32. The summed E-state index contributed by atoms with van der Waals surface area (Å²) in [6.45, 7) is 2.10. The van der Waals surface area contributed by atoms with E-state index in [1.165, 1.54) is 6.07 Å². The number of hydrogen-bond acceptors (Lipinski definition) is 4. The summed E-state index contributed by atoms with van der Waals surface area (Å²) in [4.78, 5) is 11.7. The number of rotatable bonds is 5. The Morgan fingerprint density at radius 2 is 1.88 bits per heavy atom. The van der Waals surface area contributed by atoms with Crippen molar-refractivity contribution in [3.05, 3.63) is 83.2 Å². The van der Waals surface area contributed by atoms with E-state index in [9.17, 15) is 4.39 Å². The zero-order valence-corrected chi connectivity index (χ0v) is 18.2. The van der Waals surface area contributed by atoms with E-state index in [0.717, 1.165) is 38.6 Å². The molecule has 32 heavy (non-hydrogen) atoms. The maximum Gasteiger partial charge on any atom is 0.213 e. The fourth-order valence-corrected chi connectivity index (χ4v) is 4.11. The number of H-pyrrole nitrogens is 1. The standard InChI is InChI=1S/C25H19ClFN3O2/c1-14-24-18(8-9-28-14)20-12-16(26)11-19(25(20)30-24)15-6-7-21(22(10-15)31-2)32-13-17-4-3-5-23(27)29-17/h3-12,30H,13H2,1-2H3. The third kappa shape index (κ3) is 3.63. The summed E-state index contributed by atoms with van der Waals surface area (Å²) in [6, 6.07) is 16.1. The van der Waals surface area contributed by atoms with Crippen LogP contribution in [0.5, 0.6) is 11.5 Å².